The minimum absolute atomic E-state index is 0.342. The van der Waals surface area contributed by atoms with Crippen LogP contribution in [-0.4, -0.2) is 24.1 Å². The molecule has 0 aliphatic heterocycles. The van der Waals surface area contributed by atoms with E-state index >= 15 is 0 Å². The van der Waals surface area contributed by atoms with Gasteiger partial charge in [0.2, 0.25) is 0 Å². The van der Waals surface area contributed by atoms with Gasteiger partial charge in [0.25, 0.3) is 0 Å². The summed E-state index contributed by atoms with van der Waals surface area (Å²) in [5.41, 5.74) is 3.37. The van der Waals surface area contributed by atoms with E-state index in [4.69, 9.17) is 4.74 Å². The Bertz CT molecular complexity index is 831. The number of ether oxygens (including phenoxy) is 1. The Morgan fingerprint density at radius 1 is 1.08 bits per heavy atom. The van der Waals surface area contributed by atoms with Crippen LogP contribution in [-0.2, 0) is 11.2 Å². The number of hydrogen-bond donors (Lipinski definition) is 1. The molecular weight excluding hydrogens is 300 g/mol. The molecule has 2 aromatic carbocycles. The van der Waals surface area contributed by atoms with Crippen molar-refractivity contribution in [1.82, 2.24) is 4.98 Å². The van der Waals surface area contributed by atoms with Gasteiger partial charge >= 0.3 is 5.97 Å². The second kappa shape index (κ2) is 7.59. The van der Waals surface area contributed by atoms with Crippen LogP contribution in [0.15, 0.2) is 60.8 Å². The van der Waals surface area contributed by atoms with Crippen LogP contribution in [0.2, 0.25) is 0 Å². The lowest BCUT2D eigenvalue weighted by molar-refractivity contribution is 0.0527. The topological polar surface area (TPSA) is 51.2 Å². The van der Waals surface area contributed by atoms with Crippen molar-refractivity contribution < 1.29 is 9.53 Å². The lowest BCUT2D eigenvalue weighted by Crippen LogP contribution is -2.13. The Labute approximate surface area is 141 Å². The summed E-state index contributed by atoms with van der Waals surface area (Å²) in [5, 5.41) is 4.33. The van der Waals surface area contributed by atoms with Gasteiger partial charge in [-0.2, -0.15) is 0 Å². The number of pyridine rings is 1. The number of hydrogen-bond acceptors (Lipinski definition) is 4. The van der Waals surface area contributed by atoms with E-state index in [0.29, 0.717) is 12.2 Å². The van der Waals surface area contributed by atoms with Gasteiger partial charge in [0.15, 0.2) is 0 Å². The van der Waals surface area contributed by atoms with Gasteiger partial charge in [-0.05, 0) is 25.0 Å². The second-order valence-electron chi connectivity index (χ2n) is 5.45. The number of nitrogens with zero attached hydrogens (tertiary/aromatic N) is 1. The summed E-state index contributed by atoms with van der Waals surface area (Å²) >= 11 is 0. The molecule has 0 amide bonds. The average molecular weight is 320 g/mol. The van der Waals surface area contributed by atoms with E-state index in [-0.39, 0.29) is 5.97 Å². The Balaban J connectivity index is 1.88. The highest BCUT2D eigenvalue weighted by Gasteiger charge is 2.16. The van der Waals surface area contributed by atoms with Gasteiger partial charge < -0.3 is 10.1 Å². The fourth-order valence-electron chi connectivity index (χ4n) is 2.67. The van der Waals surface area contributed by atoms with E-state index in [0.717, 1.165) is 29.6 Å². The number of nitrogens with one attached hydrogen (secondary N) is 1. The highest BCUT2D eigenvalue weighted by atomic mass is 16.5. The Morgan fingerprint density at radius 3 is 2.62 bits per heavy atom. The smallest absolute Gasteiger partial charge is 0.341 e. The number of carbonyl (C=O) groups excluding carboxylic acids is 1. The summed E-state index contributed by atoms with van der Waals surface area (Å²) in [7, 11) is 0. The van der Waals surface area contributed by atoms with Crippen LogP contribution in [0, 0.1) is 0 Å². The predicted molar refractivity (Wildman–Crippen MR) is 96.3 cm³/mol. The third-order valence-electron chi connectivity index (χ3n) is 3.83. The number of rotatable bonds is 6. The SMILES string of the molecule is CCOC(=O)c1cnc2ccccc2c1NCCc1ccccc1. The second-order valence-corrected chi connectivity index (χ2v) is 5.45. The normalized spacial score (nSPS) is 10.5. The molecule has 4 heteroatoms. The molecule has 4 nitrogen and oxygen atoms in total. The van der Waals surface area contributed by atoms with Crippen molar-refractivity contribution in [3.63, 3.8) is 0 Å². The molecule has 0 saturated heterocycles. The molecule has 0 spiro atoms. The molecule has 0 atom stereocenters. The third kappa shape index (κ3) is 3.54. The van der Waals surface area contributed by atoms with Crippen molar-refractivity contribution in [2.75, 3.05) is 18.5 Å². The summed E-state index contributed by atoms with van der Waals surface area (Å²) in [4.78, 5) is 16.6. The maximum atomic E-state index is 12.2. The molecule has 0 aliphatic carbocycles. The molecule has 3 rings (SSSR count). The van der Waals surface area contributed by atoms with Crippen molar-refractivity contribution in [2.45, 2.75) is 13.3 Å². The van der Waals surface area contributed by atoms with Crippen LogP contribution < -0.4 is 5.32 Å². The van der Waals surface area contributed by atoms with Gasteiger partial charge in [-0.15, -0.1) is 0 Å². The molecule has 3 aromatic rings. The highest BCUT2D eigenvalue weighted by molar-refractivity contribution is 6.04. The largest absolute Gasteiger partial charge is 0.462 e. The number of benzene rings is 2. The summed E-state index contributed by atoms with van der Waals surface area (Å²) in [6.07, 6.45) is 2.46. The maximum absolute atomic E-state index is 12.2. The Hall–Kier alpha value is -2.88. The van der Waals surface area contributed by atoms with Crippen molar-refractivity contribution in [1.29, 1.82) is 0 Å². The van der Waals surface area contributed by atoms with Crippen LogP contribution >= 0.6 is 0 Å². The molecule has 0 bridgehead atoms. The van der Waals surface area contributed by atoms with Gasteiger partial charge in [0.1, 0.15) is 5.56 Å². The van der Waals surface area contributed by atoms with Gasteiger partial charge in [-0.25, -0.2) is 4.79 Å². The van der Waals surface area contributed by atoms with Crippen LogP contribution in [0.5, 0.6) is 0 Å². The van der Waals surface area contributed by atoms with Crippen LogP contribution in [0.1, 0.15) is 22.8 Å². The maximum Gasteiger partial charge on any atom is 0.341 e. The fraction of sp³-hybridized carbons (Fsp3) is 0.200. The number of aromatic nitrogens is 1. The minimum Gasteiger partial charge on any atom is -0.462 e. The molecule has 1 heterocycles. The molecule has 0 unspecified atom stereocenters. The number of carbonyl (C=O) groups is 1. The summed E-state index contributed by atoms with van der Waals surface area (Å²) in [6.45, 7) is 2.87. The highest BCUT2D eigenvalue weighted by Crippen LogP contribution is 2.26. The monoisotopic (exact) mass is 320 g/mol. The van der Waals surface area contributed by atoms with Gasteiger partial charge in [0.05, 0.1) is 17.8 Å². The quantitative estimate of drug-likeness (QED) is 0.696. The van der Waals surface area contributed by atoms with Gasteiger partial charge in [-0.1, -0.05) is 48.5 Å². The van der Waals surface area contributed by atoms with E-state index in [1.165, 1.54) is 5.56 Å². The van der Waals surface area contributed by atoms with E-state index in [1.54, 1.807) is 13.1 Å². The van der Waals surface area contributed by atoms with Crippen LogP contribution in [0.4, 0.5) is 5.69 Å². The zero-order valence-corrected chi connectivity index (χ0v) is 13.7. The first-order valence-corrected chi connectivity index (χ1v) is 8.12. The Morgan fingerprint density at radius 2 is 1.83 bits per heavy atom. The standard InChI is InChI=1S/C20H20N2O2/c1-2-24-20(23)17-14-22-18-11-7-6-10-16(18)19(17)21-13-12-15-8-4-3-5-9-15/h3-11,14H,2,12-13H2,1H3,(H,21,22). The van der Waals surface area contributed by atoms with Crippen molar-refractivity contribution in [3.05, 3.63) is 71.9 Å². The first-order valence-electron chi connectivity index (χ1n) is 8.12. The van der Waals surface area contributed by atoms with Crippen molar-refractivity contribution >= 4 is 22.6 Å². The molecule has 1 N–H and O–H groups in total. The average Bonchev–Trinajstić information content (AvgIpc) is 2.63. The lowest BCUT2D eigenvalue weighted by atomic mass is 10.1. The van der Waals surface area contributed by atoms with Crippen LogP contribution in [0.3, 0.4) is 0 Å². The molecule has 122 valence electrons. The van der Waals surface area contributed by atoms with Crippen LogP contribution in [0.25, 0.3) is 10.9 Å². The van der Waals surface area contributed by atoms with Crippen molar-refractivity contribution in [3.8, 4) is 0 Å². The molecule has 0 fully saturated rings. The number of esters is 1. The first kappa shape index (κ1) is 16.0. The van der Waals surface area contributed by atoms with Gasteiger partial charge in [-0.3, -0.25) is 4.98 Å². The van der Waals surface area contributed by atoms with E-state index < -0.39 is 0 Å². The first-order chi connectivity index (χ1) is 11.8. The summed E-state index contributed by atoms with van der Waals surface area (Å²) in [6, 6.07) is 18.0. The number of para-hydroxylation sites is 1. The fourth-order valence-corrected chi connectivity index (χ4v) is 2.67. The van der Waals surface area contributed by atoms with E-state index in [9.17, 15) is 4.79 Å². The molecule has 0 saturated carbocycles. The third-order valence-corrected chi connectivity index (χ3v) is 3.83. The molecule has 24 heavy (non-hydrogen) atoms. The van der Waals surface area contributed by atoms with Gasteiger partial charge in [0, 0.05) is 18.1 Å². The molecule has 0 radical (unpaired) electrons. The predicted octanol–water partition coefficient (Wildman–Crippen LogP) is 4.07. The lowest BCUT2D eigenvalue weighted by Gasteiger charge is -2.14. The molecular formula is C20H20N2O2. The number of anilines is 1. The Kier molecular flexibility index (Phi) is 5.06. The number of fused-ring (bicyclic) bond motifs is 1. The summed E-state index contributed by atoms with van der Waals surface area (Å²) in [5.74, 6) is -0.349. The molecule has 1 aromatic heterocycles. The summed E-state index contributed by atoms with van der Waals surface area (Å²) < 4.78 is 5.16. The zero-order chi connectivity index (χ0) is 16.8. The minimum atomic E-state index is -0.349. The van der Waals surface area contributed by atoms with Crippen molar-refractivity contribution in [2.24, 2.45) is 0 Å². The molecule has 0 aliphatic rings. The zero-order valence-electron chi connectivity index (χ0n) is 13.7. The van der Waals surface area contributed by atoms with E-state index in [1.807, 2.05) is 42.5 Å². The van der Waals surface area contributed by atoms with E-state index in [2.05, 4.69) is 22.4 Å².